The first-order chi connectivity index (χ1) is 17.6. The maximum absolute atomic E-state index is 12.8. The van der Waals surface area contributed by atoms with Crippen LogP contribution in [0.2, 0.25) is 0 Å². The summed E-state index contributed by atoms with van der Waals surface area (Å²) >= 11 is 1.50. The number of Topliss-reactive ketones (excluding diaryl/α,β-unsaturated/α-hetero) is 1. The summed E-state index contributed by atoms with van der Waals surface area (Å²) in [6.45, 7) is 2.89. The molecular formula is C28H29N3O4S. The molecular weight excluding hydrogens is 474 g/mol. The Hall–Kier alpha value is -3.70. The number of ether oxygens (including phenoxy) is 2. The molecule has 0 saturated heterocycles. The van der Waals surface area contributed by atoms with Crippen LogP contribution in [0.1, 0.15) is 51.8 Å². The predicted molar refractivity (Wildman–Crippen MR) is 137 cm³/mol. The molecule has 1 aromatic carbocycles. The number of carbonyl (C=O) groups is 2. The third kappa shape index (κ3) is 6.49. The van der Waals surface area contributed by atoms with E-state index < -0.39 is 6.09 Å². The molecule has 36 heavy (non-hydrogen) atoms. The van der Waals surface area contributed by atoms with Gasteiger partial charge in [0.15, 0.2) is 0 Å². The van der Waals surface area contributed by atoms with Crippen molar-refractivity contribution in [3.8, 4) is 11.8 Å². The molecule has 1 atom stereocenters. The standard InChI is InChI=1S/C28H29N3O4S/c1-2-34-25-6-4-3-5-20(25)7-8-21(32)15-26-24(17-29)23-10-9-22(16-27(23)36-26)35-28(33)31-18-19-11-13-30-14-12-19/h3-6,11-14,22H,2,7-10,15-16,18H2,1H3,(H,31,33). The van der Waals surface area contributed by atoms with E-state index in [9.17, 15) is 14.9 Å². The van der Waals surface area contributed by atoms with Gasteiger partial charge < -0.3 is 14.8 Å². The van der Waals surface area contributed by atoms with Gasteiger partial charge in [-0.1, -0.05) is 18.2 Å². The smallest absolute Gasteiger partial charge is 0.407 e. The Balaban J connectivity index is 1.33. The van der Waals surface area contributed by atoms with E-state index in [0.717, 1.165) is 32.2 Å². The molecule has 0 fully saturated rings. The zero-order valence-corrected chi connectivity index (χ0v) is 21.1. The SMILES string of the molecule is CCOc1ccccc1CCC(=O)Cc1sc2c(c1C#N)CCC(OC(=O)NCc1ccncc1)C2. The van der Waals surface area contributed by atoms with Crippen LogP contribution >= 0.6 is 11.3 Å². The lowest BCUT2D eigenvalue weighted by Crippen LogP contribution is -2.31. The fraction of sp³-hybridized carbons (Fsp3) is 0.357. The van der Waals surface area contributed by atoms with Gasteiger partial charge in [-0.25, -0.2) is 4.79 Å². The third-order valence-electron chi connectivity index (χ3n) is 6.17. The fourth-order valence-electron chi connectivity index (χ4n) is 4.38. The molecule has 1 amide bonds. The molecule has 1 N–H and O–H groups in total. The predicted octanol–water partition coefficient (Wildman–Crippen LogP) is 4.94. The molecule has 0 radical (unpaired) electrons. The van der Waals surface area contributed by atoms with Gasteiger partial charge in [0.05, 0.1) is 12.2 Å². The lowest BCUT2D eigenvalue weighted by atomic mass is 9.92. The van der Waals surface area contributed by atoms with Gasteiger partial charge in [-0.15, -0.1) is 11.3 Å². The molecule has 2 aromatic heterocycles. The van der Waals surface area contributed by atoms with Crippen LogP contribution in [0.4, 0.5) is 4.79 Å². The highest BCUT2D eigenvalue weighted by atomic mass is 32.1. The highest BCUT2D eigenvalue weighted by molar-refractivity contribution is 7.12. The number of carbonyl (C=O) groups excluding carboxylic acids is 2. The molecule has 0 saturated carbocycles. The molecule has 2 heterocycles. The number of thiophene rings is 1. The van der Waals surface area contributed by atoms with E-state index in [2.05, 4.69) is 16.4 Å². The molecule has 0 spiro atoms. The summed E-state index contributed by atoms with van der Waals surface area (Å²) in [5.41, 5.74) is 3.59. The van der Waals surface area contributed by atoms with Crippen molar-refractivity contribution in [3.05, 3.63) is 80.8 Å². The molecule has 8 heteroatoms. The van der Waals surface area contributed by atoms with Crippen LogP contribution in [0.15, 0.2) is 48.8 Å². The van der Waals surface area contributed by atoms with Gasteiger partial charge in [0.2, 0.25) is 0 Å². The minimum absolute atomic E-state index is 0.0969. The minimum atomic E-state index is -0.458. The molecule has 186 valence electrons. The van der Waals surface area contributed by atoms with Gasteiger partial charge in [0.1, 0.15) is 23.7 Å². The summed E-state index contributed by atoms with van der Waals surface area (Å²) in [7, 11) is 0. The third-order valence-corrected chi connectivity index (χ3v) is 7.42. The first-order valence-electron chi connectivity index (χ1n) is 12.2. The van der Waals surface area contributed by atoms with E-state index in [4.69, 9.17) is 9.47 Å². The summed E-state index contributed by atoms with van der Waals surface area (Å²) in [4.78, 5) is 30.9. The number of fused-ring (bicyclic) bond motifs is 1. The van der Waals surface area contributed by atoms with Crippen molar-refractivity contribution in [1.82, 2.24) is 10.3 Å². The van der Waals surface area contributed by atoms with Crippen LogP contribution in [0, 0.1) is 11.3 Å². The van der Waals surface area contributed by atoms with E-state index >= 15 is 0 Å². The highest BCUT2D eigenvalue weighted by Crippen LogP contribution is 2.35. The minimum Gasteiger partial charge on any atom is -0.494 e. The maximum Gasteiger partial charge on any atom is 0.407 e. The number of aryl methyl sites for hydroxylation is 1. The number of nitrogens with one attached hydrogen (secondary N) is 1. The topological polar surface area (TPSA) is 101 Å². The number of pyridine rings is 1. The van der Waals surface area contributed by atoms with E-state index in [1.807, 2.05) is 43.3 Å². The first kappa shape index (κ1) is 25.4. The van der Waals surface area contributed by atoms with Gasteiger partial charge in [0.25, 0.3) is 0 Å². The molecule has 7 nitrogen and oxygen atoms in total. The van der Waals surface area contributed by atoms with Crippen LogP contribution in [-0.2, 0) is 41.8 Å². The number of nitrogens with zero attached hydrogens (tertiary/aromatic N) is 2. The van der Waals surface area contributed by atoms with Gasteiger partial charge in [-0.05, 0) is 61.1 Å². The summed E-state index contributed by atoms with van der Waals surface area (Å²) in [5.74, 6) is 0.910. The van der Waals surface area contributed by atoms with Crippen LogP contribution in [0.5, 0.6) is 5.75 Å². The van der Waals surface area contributed by atoms with E-state index in [1.165, 1.54) is 11.3 Å². The Morgan fingerprint density at radius 3 is 2.81 bits per heavy atom. The number of hydrogen-bond acceptors (Lipinski definition) is 7. The molecule has 0 aliphatic heterocycles. The van der Waals surface area contributed by atoms with Gasteiger partial charge in [-0.3, -0.25) is 9.78 Å². The second-order valence-corrected chi connectivity index (χ2v) is 9.84. The van der Waals surface area contributed by atoms with Crippen molar-refractivity contribution in [3.63, 3.8) is 0 Å². The van der Waals surface area contributed by atoms with Gasteiger partial charge in [0, 0.05) is 48.0 Å². The maximum atomic E-state index is 12.8. The Kier molecular flexibility index (Phi) is 8.69. The largest absolute Gasteiger partial charge is 0.494 e. The number of aromatic nitrogens is 1. The Bertz CT molecular complexity index is 1250. The molecule has 4 rings (SSSR count). The molecule has 3 aromatic rings. The van der Waals surface area contributed by atoms with Crippen molar-refractivity contribution in [2.75, 3.05) is 6.61 Å². The van der Waals surface area contributed by atoms with Crippen molar-refractivity contribution in [1.29, 1.82) is 5.26 Å². The molecule has 1 aliphatic carbocycles. The monoisotopic (exact) mass is 503 g/mol. The van der Waals surface area contributed by atoms with Gasteiger partial charge >= 0.3 is 6.09 Å². The zero-order valence-electron chi connectivity index (χ0n) is 20.3. The van der Waals surface area contributed by atoms with E-state index in [0.29, 0.717) is 50.8 Å². The number of nitriles is 1. The Labute approximate surface area is 215 Å². The van der Waals surface area contributed by atoms with Crippen molar-refractivity contribution in [2.45, 2.75) is 58.1 Å². The lowest BCUT2D eigenvalue weighted by molar-refractivity contribution is -0.118. The average molecular weight is 504 g/mol. The van der Waals surface area contributed by atoms with Crippen LogP contribution in [-0.4, -0.2) is 29.6 Å². The summed E-state index contributed by atoms with van der Waals surface area (Å²) in [6, 6.07) is 13.8. The summed E-state index contributed by atoms with van der Waals surface area (Å²) < 4.78 is 11.3. The number of ketones is 1. The zero-order chi connectivity index (χ0) is 25.3. The second kappa shape index (κ2) is 12.3. The van der Waals surface area contributed by atoms with E-state index in [-0.39, 0.29) is 18.3 Å². The number of benzene rings is 1. The molecule has 0 bridgehead atoms. The first-order valence-corrected chi connectivity index (χ1v) is 13.0. The number of rotatable bonds is 10. The van der Waals surface area contributed by atoms with Crippen LogP contribution < -0.4 is 10.1 Å². The average Bonchev–Trinajstić information content (AvgIpc) is 3.23. The highest BCUT2D eigenvalue weighted by Gasteiger charge is 2.28. The quantitative estimate of drug-likeness (QED) is 0.420. The van der Waals surface area contributed by atoms with Crippen molar-refractivity contribution in [2.24, 2.45) is 0 Å². The number of amides is 1. The molecule has 1 aliphatic rings. The van der Waals surface area contributed by atoms with E-state index in [1.54, 1.807) is 12.4 Å². The number of alkyl carbamates (subject to hydrolysis) is 1. The summed E-state index contributed by atoms with van der Waals surface area (Å²) in [6.07, 6.45) is 5.76. The normalized spacial score (nSPS) is 14.4. The van der Waals surface area contributed by atoms with Crippen molar-refractivity contribution < 1.29 is 19.1 Å². The number of para-hydroxylation sites is 1. The molecule has 1 unspecified atom stereocenters. The Morgan fingerprint density at radius 2 is 2.03 bits per heavy atom. The lowest BCUT2D eigenvalue weighted by Gasteiger charge is -2.22. The Morgan fingerprint density at radius 1 is 1.22 bits per heavy atom. The van der Waals surface area contributed by atoms with Crippen molar-refractivity contribution >= 4 is 23.2 Å². The second-order valence-electron chi connectivity index (χ2n) is 8.65. The summed E-state index contributed by atoms with van der Waals surface area (Å²) in [5, 5.41) is 12.6. The number of hydrogen-bond donors (Lipinski definition) is 1. The fourth-order valence-corrected chi connectivity index (χ4v) is 5.78. The van der Waals surface area contributed by atoms with Gasteiger partial charge in [-0.2, -0.15) is 5.26 Å². The van der Waals surface area contributed by atoms with Crippen LogP contribution in [0.3, 0.4) is 0 Å². The van der Waals surface area contributed by atoms with Crippen LogP contribution in [0.25, 0.3) is 0 Å².